The molecular formula is C16H17N3O2. The van der Waals surface area contributed by atoms with Crippen molar-refractivity contribution in [3.8, 4) is 0 Å². The number of carbonyl (C=O) groups excluding carboxylic acids is 2. The standard InChI is InChI=1S/C16H17N3O2/c17-15(21)11-5-7-19(8-6-11)16-13(10-20)9-12-3-1-2-4-14(12)18-16/h1-4,9-11H,5-8H2,(H2,17,21). The zero-order chi connectivity index (χ0) is 14.8. The first-order valence-electron chi connectivity index (χ1n) is 7.08. The molecule has 21 heavy (non-hydrogen) atoms. The zero-order valence-electron chi connectivity index (χ0n) is 11.7. The van der Waals surface area contributed by atoms with Crippen molar-refractivity contribution in [1.82, 2.24) is 4.98 Å². The Morgan fingerprint density at radius 3 is 2.67 bits per heavy atom. The molecule has 2 heterocycles. The summed E-state index contributed by atoms with van der Waals surface area (Å²) in [6.07, 6.45) is 2.26. The molecule has 1 aliphatic rings. The molecule has 5 nitrogen and oxygen atoms in total. The highest BCUT2D eigenvalue weighted by atomic mass is 16.1. The summed E-state index contributed by atoms with van der Waals surface area (Å²) in [7, 11) is 0. The second-order valence-electron chi connectivity index (χ2n) is 5.38. The molecule has 0 aliphatic carbocycles. The fourth-order valence-corrected chi connectivity index (χ4v) is 2.84. The molecular weight excluding hydrogens is 266 g/mol. The Labute approximate surface area is 122 Å². The number of nitrogens with two attached hydrogens (primary N) is 1. The molecule has 1 saturated heterocycles. The van der Waals surface area contributed by atoms with Crippen molar-refractivity contribution in [2.24, 2.45) is 11.7 Å². The third kappa shape index (κ3) is 2.59. The molecule has 0 bridgehead atoms. The molecule has 1 fully saturated rings. The molecule has 1 amide bonds. The summed E-state index contributed by atoms with van der Waals surface area (Å²) in [6, 6.07) is 9.60. The molecule has 5 heteroatoms. The van der Waals surface area contributed by atoms with Gasteiger partial charge in [-0.05, 0) is 25.0 Å². The molecule has 1 aromatic heterocycles. The van der Waals surface area contributed by atoms with E-state index in [4.69, 9.17) is 5.73 Å². The van der Waals surface area contributed by atoms with E-state index in [-0.39, 0.29) is 11.8 Å². The number of aldehydes is 1. The van der Waals surface area contributed by atoms with Gasteiger partial charge in [-0.3, -0.25) is 9.59 Å². The second kappa shape index (κ2) is 5.52. The lowest BCUT2D eigenvalue weighted by atomic mass is 9.96. The Hall–Kier alpha value is -2.43. The predicted octanol–water partition coefficient (Wildman–Crippen LogP) is 1.75. The van der Waals surface area contributed by atoms with Gasteiger partial charge in [0, 0.05) is 24.4 Å². The molecule has 1 aliphatic heterocycles. The van der Waals surface area contributed by atoms with Crippen LogP contribution >= 0.6 is 0 Å². The molecule has 2 aromatic rings. The number of primary amides is 1. The number of hydrogen-bond donors (Lipinski definition) is 1. The summed E-state index contributed by atoms with van der Waals surface area (Å²) in [4.78, 5) is 29.3. The number of nitrogens with zero attached hydrogens (tertiary/aromatic N) is 2. The number of amides is 1. The Morgan fingerprint density at radius 1 is 1.29 bits per heavy atom. The number of pyridine rings is 1. The Morgan fingerprint density at radius 2 is 2.00 bits per heavy atom. The van der Waals surface area contributed by atoms with Gasteiger partial charge in [-0.25, -0.2) is 4.98 Å². The first-order chi connectivity index (χ1) is 10.2. The third-order valence-corrected chi connectivity index (χ3v) is 4.06. The van der Waals surface area contributed by atoms with Gasteiger partial charge in [-0.15, -0.1) is 0 Å². The maximum Gasteiger partial charge on any atom is 0.220 e. The van der Waals surface area contributed by atoms with Crippen LogP contribution in [0.1, 0.15) is 23.2 Å². The van der Waals surface area contributed by atoms with E-state index in [1.165, 1.54) is 0 Å². The van der Waals surface area contributed by atoms with Crippen molar-refractivity contribution in [3.63, 3.8) is 0 Å². The number of benzene rings is 1. The van der Waals surface area contributed by atoms with Crippen molar-refractivity contribution in [2.75, 3.05) is 18.0 Å². The number of aromatic nitrogens is 1. The van der Waals surface area contributed by atoms with Crippen molar-refractivity contribution in [2.45, 2.75) is 12.8 Å². The largest absolute Gasteiger partial charge is 0.369 e. The van der Waals surface area contributed by atoms with Crippen LogP contribution in [0.5, 0.6) is 0 Å². The fraction of sp³-hybridized carbons (Fsp3) is 0.312. The number of piperidine rings is 1. The first-order valence-corrected chi connectivity index (χ1v) is 7.08. The minimum absolute atomic E-state index is 0.0682. The van der Waals surface area contributed by atoms with Crippen molar-refractivity contribution in [3.05, 3.63) is 35.9 Å². The zero-order valence-corrected chi connectivity index (χ0v) is 11.7. The normalized spacial score (nSPS) is 16.1. The van der Waals surface area contributed by atoms with Crippen LogP contribution in [0.4, 0.5) is 5.82 Å². The third-order valence-electron chi connectivity index (χ3n) is 4.06. The Kier molecular flexibility index (Phi) is 3.56. The van der Waals surface area contributed by atoms with Gasteiger partial charge < -0.3 is 10.6 Å². The van der Waals surface area contributed by atoms with Gasteiger partial charge in [0.2, 0.25) is 5.91 Å². The van der Waals surface area contributed by atoms with Crippen LogP contribution in [0.15, 0.2) is 30.3 Å². The maximum absolute atomic E-state index is 11.3. The van der Waals surface area contributed by atoms with Gasteiger partial charge >= 0.3 is 0 Å². The lowest BCUT2D eigenvalue weighted by Crippen LogP contribution is -2.39. The number of para-hydroxylation sites is 1. The number of fused-ring (bicyclic) bond motifs is 1. The minimum Gasteiger partial charge on any atom is -0.369 e. The SMILES string of the molecule is NC(=O)C1CCN(c2nc3ccccc3cc2C=O)CC1. The number of carbonyl (C=O) groups is 2. The highest BCUT2D eigenvalue weighted by Crippen LogP contribution is 2.26. The topological polar surface area (TPSA) is 76.3 Å². The number of anilines is 1. The summed E-state index contributed by atoms with van der Waals surface area (Å²) < 4.78 is 0. The van der Waals surface area contributed by atoms with E-state index in [0.29, 0.717) is 37.3 Å². The molecule has 0 spiro atoms. The van der Waals surface area contributed by atoms with Gasteiger partial charge in [0.25, 0.3) is 0 Å². The molecule has 0 saturated carbocycles. The van der Waals surface area contributed by atoms with Crippen LogP contribution in [0.25, 0.3) is 10.9 Å². The minimum atomic E-state index is -0.239. The van der Waals surface area contributed by atoms with Crippen molar-refractivity contribution < 1.29 is 9.59 Å². The summed E-state index contributed by atoms with van der Waals surface area (Å²) >= 11 is 0. The number of hydrogen-bond acceptors (Lipinski definition) is 4. The smallest absolute Gasteiger partial charge is 0.220 e. The summed E-state index contributed by atoms with van der Waals surface area (Å²) in [5, 5.41) is 0.954. The molecule has 2 N–H and O–H groups in total. The van der Waals surface area contributed by atoms with Gasteiger partial charge in [-0.2, -0.15) is 0 Å². The quantitative estimate of drug-likeness (QED) is 0.871. The van der Waals surface area contributed by atoms with Gasteiger partial charge in [0.1, 0.15) is 5.82 Å². The van der Waals surface area contributed by atoms with Crippen molar-refractivity contribution >= 4 is 28.9 Å². The van der Waals surface area contributed by atoms with Crippen LogP contribution in [0.3, 0.4) is 0 Å². The van der Waals surface area contributed by atoms with Gasteiger partial charge in [-0.1, -0.05) is 18.2 Å². The highest BCUT2D eigenvalue weighted by molar-refractivity contribution is 5.91. The van der Waals surface area contributed by atoms with Crippen LogP contribution in [-0.4, -0.2) is 30.3 Å². The molecule has 108 valence electrons. The van der Waals surface area contributed by atoms with Crippen LogP contribution in [0, 0.1) is 5.92 Å². The second-order valence-corrected chi connectivity index (χ2v) is 5.38. The lowest BCUT2D eigenvalue weighted by molar-refractivity contribution is -0.122. The molecule has 1 aromatic carbocycles. The Balaban J connectivity index is 1.93. The molecule has 3 rings (SSSR count). The first kappa shape index (κ1) is 13.5. The molecule has 0 atom stereocenters. The highest BCUT2D eigenvalue weighted by Gasteiger charge is 2.25. The van der Waals surface area contributed by atoms with E-state index in [9.17, 15) is 9.59 Å². The van der Waals surface area contributed by atoms with E-state index in [1.807, 2.05) is 30.3 Å². The van der Waals surface area contributed by atoms with Gasteiger partial charge in [0.05, 0.1) is 11.1 Å². The Bertz CT molecular complexity index is 691. The number of rotatable bonds is 3. The van der Waals surface area contributed by atoms with Crippen LogP contribution in [-0.2, 0) is 4.79 Å². The van der Waals surface area contributed by atoms with Crippen molar-refractivity contribution in [1.29, 1.82) is 0 Å². The molecule has 0 unspecified atom stereocenters. The van der Waals surface area contributed by atoms with E-state index in [0.717, 1.165) is 17.2 Å². The van der Waals surface area contributed by atoms with E-state index >= 15 is 0 Å². The average Bonchev–Trinajstić information content (AvgIpc) is 2.53. The van der Waals surface area contributed by atoms with E-state index < -0.39 is 0 Å². The van der Waals surface area contributed by atoms with Gasteiger partial charge in [0.15, 0.2) is 6.29 Å². The van der Waals surface area contributed by atoms with Crippen LogP contribution < -0.4 is 10.6 Å². The fourth-order valence-electron chi connectivity index (χ4n) is 2.84. The average molecular weight is 283 g/mol. The van der Waals surface area contributed by atoms with E-state index in [1.54, 1.807) is 0 Å². The lowest BCUT2D eigenvalue weighted by Gasteiger charge is -2.32. The molecule has 0 radical (unpaired) electrons. The van der Waals surface area contributed by atoms with E-state index in [2.05, 4.69) is 9.88 Å². The summed E-state index contributed by atoms with van der Waals surface area (Å²) in [6.45, 7) is 1.39. The summed E-state index contributed by atoms with van der Waals surface area (Å²) in [5.41, 5.74) is 6.81. The van der Waals surface area contributed by atoms with Crippen LogP contribution in [0.2, 0.25) is 0 Å². The maximum atomic E-state index is 11.3. The predicted molar refractivity (Wildman–Crippen MR) is 81.3 cm³/mol. The monoisotopic (exact) mass is 283 g/mol. The summed E-state index contributed by atoms with van der Waals surface area (Å²) in [5.74, 6) is 0.393.